The van der Waals surface area contributed by atoms with E-state index < -0.39 is 5.97 Å². The van der Waals surface area contributed by atoms with Gasteiger partial charge in [-0.05, 0) is 37.6 Å². The van der Waals surface area contributed by atoms with Crippen molar-refractivity contribution in [3.05, 3.63) is 53.9 Å². The van der Waals surface area contributed by atoms with E-state index in [0.29, 0.717) is 11.3 Å². The van der Waals surface area contributed by atoms with E-state index in [0.717, 1.165) is 25.1 Å². The Balaban J connectivity index is 2.12. The van der Waals surface area contributed by atoms with Gasteiger partial charge in [0.05, 0.1) is 17.9 Å². The number of rotatable bonds is 8. The van der Waals surface area contributed by atoms with Gasteiger partial charge in [-0.3, -0.25) is 9.78 Å². The number of aromatic nitrogens is 1. The Bertz CT molecular complexity index is 731. The molecule has 0 atom stereocenters. The fraction of sp³-hybridized carbons (Fsp3) is 0.316. The topological polar surface area (TPSA) is 80.3 Å². The zero-order valence-corrected chi connectivity index (χ0v) is 14.5. The van der Waals surface area contributed by atoms with E-state index in [2.05, 4.69) is 22.5 Å². The molecule has 25 heavy (non-hydrogen) atoms. The fourth-order valence-electron chi connectivity index (χ4n) is 2.24. The van der Waals surface area contributed by atoms with Gasteiger partial charge in [-0.1, -0.05) is 25.5 Å². The van der Waals surface area contributed by atoms with E-state index in [1.807, 2.05) is 6.07 Å². The maximum absolute atomic E-state index is 12.5. The highest BCUT2D eigenvalue weighted by Gasteiger charge is 2.15. The molecule has 0 spiro atoms. The minimum atomic E-state index is -0.471. The molecule has 1 amide bonds. The number of amides is 1. The molecular weight excluding hydrogens is 318 g/mol. The summed E-state index contributed by atoms with van der Waals surface area (Å²) in [6, 6.07) is 10.3. The lowest BCUT2D eigenvalue weighted by atomic mass is 10.1. The first-order valence-electron chi connectivity index (χ1n) is 8.43. The van der Waals surface area contributed by atoms with Gasteiger partial charge in [0, 0.05) is 18.4 Å². The molecule has 0 bridgehead atoms. The summed E-state index contributed by atoms with van der Waals surface area (Å²) in [5, 5.41) is 5.99. The molecule has 132 valence electrons. The van der Waals surface area contributed by atoms with Crippen molar-refractivity contribution in [2.45, 2.75) is 26.7 Å². The molecule has 2 rings (SSSR count). The number of esters is 1. The molecule has 1 heterocycles. The number of unbranched alkanes of at least 4 members (excludes halogenated alkanes) is 1. The van der Waals surface area contributed by atoms with Crippen molar-refractivity contribution < 1.29 is 14.3 Å². The van der Waals surface area contributed by atoms with E-state index in [1.54, 1.807) is 43.5 Å². The lowest BCUT2D eigenvalue weighted by Gasteiger charge is -2.11. The zero-order valence-electron chi connectivity index (χ0n) is 14.5. The third kappa shape index (κ3) is 5.31. The summed E-state index contributed by atoms with van der Waals surface area (Å²) in [6.07, 6.45) is 3.73. The number of carbonyl (C=O) groups excluding carboxylic acids is 2. The summed E-state index contributed by atoms with van der Waals surface area (Å²) in [5.41, 5.74) is 1.83. The van der Waals surface area contributed by atoms with Crippen molar-refractivity contribution in [3.8, 4) is 0 Å². The van der Waals surface area contributed by atoms with Crippen LogP contribution in [0.4, 0.5) is 11.4 Å². The molecule has 0 saturated heterocycles. The highest BCUT2D eigenvalue weighted by molar-refractivity contribution is 6.07. The predicted octanol–water partition coefficient (Wildman–Crippen LogP) is 3.72. The third-order valence-corrected chi connectivity index (χ3v) is 3.52. The van der Waals surface area contributed by atoms with Crippen LogP contribution in [0.25, 0.3) is 0 Å². The van der Waals surface area contributed by atoms with Crippen LogP contribution in [-0.4, -0.2) is 30.0 Å². The van der Waals surface area contributed by atoms with Gasteiger partial charge in [0.2, 0.25) is 0 Å². The smallest absolute Gasteiger partial charge is 0.340 e. The van der Waals surface area contributed by atoms with Gasteiger partial charge in [-0.15, -0.1) is 0 Å². The van der Waals surface area contributed by atoms with Crippen LogP contribution >= 0.6 is 0 Å². The number of ether oxygens (including phenoxy) is 1. The van der Waals surface area contributed by atoms with Crippen LogP contribution in [0.1, 0.15) is 47.5 Å². The van der Waals surface area contributed by atoms with Crippen molar-refractivity contribution in [3.63, 3.8) is 0 Å². The van der Waals surface area contributed by atoms with E-state index in [1.165, 1.54) is 0 Å². The Morgan fingerprint density at radius 3 is 2.72 bits per heavy atom. The lowest BCUT2D eigenvalue weighted by molar-refractivity contribution is 0.0527. The molecule has 0 radical (unpaired) electrons. The van der Waals surface area contributed by atoms with Crippen LogP contribution in [0, 0.1) is 0 Å². The molecule has 0 aliphatic carbocycles. The van der Waals surface area contributed by atoms with Crippen molar-refractivity contribution in [2.75, 3.05) is 23.8 Å². The molecule has 6 nitrogen and oxygen atoms in total. The molecule has 0 aliphatic heterocycles. The average molecular weight is 341 g/mol. The Hall–Kier alpha value is -2.89. The number of nitrogens with zero attached hydrogens (tertiary/aromatic N) is 1. The summed E-state index contributed by atoms with van der Waals surface area (Å²) in [5.74, 6) is -0.850. The number of hydrogen-bond donors (Lipinski definition) is 2. The SMILES string of the molecule is CCCCNc1ccnc(C(=O)Nc2ccccc2C(=O)OCC)c1. The van der Waals surface area contributed by atoms with Crippen LogP contribution in [0.15, 0.2) is 42.6 Å². The first-order chi connectivity index (χ1) is 12.2. The second-order valence-corrected chi connectivity index (χ2v) is 5.43. The molecular formula is C19H23N3O3. The third-order valence-electron chi connectivity index (χ3n) is 3.52. The highest BCUT2D eigenvalue weighted by atomic mass is 16.5. The minimum Gasteiger partial charge on any atom is -0.462 e. The van der Waals surface area contributed by atoms with Gasteiger partial charge in [0.15, 0.2) is 0 Å². The van der Waals surface area contributed by atoms with Crippen LogP contribution in [0.5, 0.6) is 0 Å². The quantitative estimate of drug-likeness (QED) is 0.565. The molecule has 0 aliphatic rings. The molecule has 1 aromatic heterocycles. The first kappa shape index (κ1) is 18.4. The Kier molecular flexibility index (Phi) is 6.95. The molecule has 0 unspecified atom stereocenters. The van der Waals surface area contributed by atoms with Crippen molar-refractivity contribution in [1.29, 1.82) is 0 Å². The minimum absolute atomic E-state index is 0.272. The van der Waals surface area contributed by atoms with Gasteiger partial charge in [-0.25, -0.2) is 4.79 Å². The van der Waals surface area contributed by atoms with Crippen molar-refractivity contribution >= 4 is 23.3 Å². The maximum atomic E-state index is 12.5. The molecule has 0 fully saturated rings. The standard InChI is InChI=1S/C19H23N3O3/c1-3-5-11-20-14-10-12-21-17(13-14)18(23)22-16-9-7-6-8-15(16)19(24)25-4-2/h6-10,12-13H,3-5,11H2,1-2H3,(H,20,21)(H,22,23). The number of carbonyl (C=O) groups is 2. The number of benzene rings is 1. The fourth-order valence-corrected chi connectivity index (χ4v) is 2.24. The summed E-state index contributed by atoms with van der Waals surface area (Å²) in [6.45, 7) is 4.97. The van der Waals surface area contributed by atoms with Gasteiger partial charge >= 0.3 is 5.97 Å². The van der Waals surface area contributed by atoms with E-state index in [4.69, 9.17) is 4.74 Å². The number of nitrogens with one attached hydrogen (secondary N) is 2. The summed E-state index contributed by atoms with van der Waals surface area (Å²) in [7, 11) is 0. The van der Waals surface area contributed by atoms with Crippen LogP contribution in [0.2, 0.25) is 0 Å². The number of anilines is 2. The van der Waals surface area contributed by atoms with Crippen LogP contribution < -0.4 is 10.6 Å². The monoisotopic (exact) mass is 341 g/mol. The number of hydrogen-bond acceptors (Lipinski definition) is 5. The van der Waals surface area contributed by atoms with Crippen molar-refractivity contribution in [2.24, 2.45) is 0 Å². The van der Waals surface area contributed by atoms with Crippen LogP contribution in [0.3, 0.4) is 0 Å². The molecule has 2 N–H and O–H groups in total. The van der Waals surface area contributed by atoms with E-state index in [-0.39, 0.29) is 18.2 Å². The lowest BCUT2D eigenvalue weighted by Crippen LogP contribution is -2.17. The maximum Gasteiger partial charge on any atom is 0.340 e. The Labute approximate surface area is 147 Å². The number of pyridine rings is 1. The predicted molar refractivity (Wildman–Crippen MR) is 98.0 cm³/mol. The Morgan fingerprint density at radius 2 is 1.96 bits per heavy atom. The van der Waals surface area contributed by atoms with Crippen molar-refractivity contribution in [1.82, 2.24) is 4.98 Å². The van der Waals surface area contributed by atoms with Gasteiger partial charge in [-0.2, -0.15) is 0 Å². The van der Waals surface area contributed by atoms with E-state index in [9.17, 15) is 9.59 Å². The first-order valence-corrected chi connectivity index (χ1v) is 8.43. The molecule has 6 heteroatoms. The normalized spacial score (nSPS) is 10.2. The molecule has 1 aromatic carbocycles. The molecule has 2 aromatic rings. The Morgan fingerprint density at radius 1 is 1.16 bits per heavy atom. The van der Waals surface area contributed by atoms with E-state index >= 15 is 0 Å². The largest absolute Gasteiger partial charge is 0.462 e. The summed E-state index contributed by atoms with van der Waals surface area (Å²) >= 11 is 0. The summed E-state index contributed by atoms with van der Waals surface area (Å²) in [4.78, 5) is 28.6. The summed E-state index contributed by atoms with van der Waals surface area (Å²) < 4.78 is 5.01. The average Bonchev–Trinajstić information content (AvgIpc) is 2.63. The second kappa shape index (κ2) is 9.42. The van der Waals surface area contributed by atoms with Gasteiger partial charge in [0.25, 0.3) is 5.91 Å². The zero-order chi connectivity index (χ0) is 18.1. The van der Waals surface area contributed by atoms with Crippen LogP contribution in [-0.2, 0) is 4.74 Å². The second-order valence-electron chi connectivity index (χ2n) is 5.43. The number of para-hydroxylation sites is 1. The molecule has 0 saturated carbocycles. The highest BCUT2D eigenvalue weighted by Crippen LogP contribution is 2.18. The van der Waals surface area contributed by atoms with Gasteiger partial charge in [0.1, 0.15) is 5.69 Å². The van der Waals surface area contributed by atoms with Gasteiger partial charge < -0.3 is 15.4 Å².